The van der Waals surface area contributed by atoms with Gasteiger partial charge in [-0.05, 0) is 89.9 Å². The summed E-state index contributed by atoms with van der Waals surface area (Å²) < 4.78 is 0. The zero-order valence-corrected chi connectivity index (χ0v) is 28.6. The van der Waals surface area contributed by atoms with Gasteiger partial charge in [0, 0.05) is 11.9 Å². The molecule has 0 radical (unpaired) electrons. The largest absolute Gasteiger partial charge is 2.00 e. The Morgan fingerprint density at radius 2 is 0.683 bits per heavy atom. The third-order valence-corrected chi connectivity index (χ3v) is 6.06. The molecule has 0 heterocycles. The molecule has 0 aromatic rings. The predicted octanol–water partition coefficient (Wildman–Crippen LogP) is 8.27. The maximum atomic E-state index is 10.2. The summed E-state index contributed by atoms with van der Waals surface area (Å²) in [5.74, 6) is -1.85. The first-order chi connectivity index (χ1) is 19.5. The molecule has 41 heavy (non-hydrogen) atoms. The Labute approximate surface area is 282 Å². The van der Waals surface area contributed by atoms with Crippen molar-refractivity contribution in [3.63, 3.8) is 0 Å². The molecule has 0 saturated carbocycles. The van der Waals surface area contributed by atoms with E-state index in [1.54, 1.807) is 0 Å². The summed E-state index contributed by atoms with van der Waals surface area (Å²) >= 11 is 0. The van der Waals surface area contributed by atoms with Crippen LogP contribution >= 0.6 is 0 Å². The first-order valence-corrected chi connectivity index (χ1v) is 15.8. The van der Waals surface area contributed by atoms with E-state index >= 15 is 0 Å². The van der Waals surface area contributed by atoms with Crippen LogP contribution in [0, 0.1) is 0 Å². The fraction of sp³-hybridized carbons (Fsp3) is 0.611. The Hall–Kier alpha value is -1.36. The van der Waals surface area contributed by atoms with E-state index in [9.17, 15) is 19.8 Å². The van der Waals surface area contributed by atoms with E-state index in [0.717, 1.165) is 89.9 Å². The zero-order chi connectivity index (χ0) is 29.8. The maximum absolute atomic E-state index is 10.2. The van der Waals surface area contributed by atoms with Crippen LogP contribution in [0.2, 0.25) is 0 Å². The molecular weight excluding hydrogens is 536 g/mol. The van der Waals surface area contributed by atoms with Gasteiger partial charge in [0.15, 0.2) is 0 Å². The number of aliphatic carboxylic acids is 2. The molecule has 0 unspecified atom stereocenters. The van der Waals surface area contributed by atoms with Crippen LogP contribution in [0.25, 0.3) is 0 Å². The topological polar surface area (TPSA) is 80.3 Å². The number of carbonyl (C=O) groups excluding carboxylic acids is 2. The molecule has 0 saturated heterocycles. The van der Waals surface area contributed by atoms with Crippen molar-refractivity contribution in [1.82, 2.24) is 0 Å². The fourth-order valence-electron chi connectivity index (χ4n) is 3.78. The monoisotopic (exact) mass is 594 g/mol. The average Bonchev–Trinajstić information content (AvgIpc) is 2.93. The second kappa shape index (κ2) is 40.8. The molecule has 0 spiro atoms. The summed E-state index contributed by atoms with van der Waals surface area (Å²) in [6.07, 6.45) is 46.1. The smallest absolute Gasteiger partial charge is 0.550 e. The summed E-state index contributed by atoms with van der Waals surface area (Å²) in [6.45, 7) is 4.29. The van der Waals surface area contributed by atoms with Gasteiger partial charge in [-0.15, -0.1) is 0 Å². The van der Waals surface area contributed by atoms with Crippen molar-refractivity contribution in [2.45, 2.75) is 142 Å². The molecule has 0 fully saturated rings. The van der Waals surface area contributed by atoms with Gasteiger partial charge in [0.1, 0.15) is 0 Å². The third kappa shape index (κ3) is 48.7. The summed E-state index contributed by atoms with van der Waals surface area (Å²) in [4.78, 5) is 20.4. The van der Waals surface area contributed by atoms with Crippen LogP contribution in [-0.4, -0.2) is 49.7 Å². The van der Waals surface area contributed by atoms with Crippen molar-refractivity contribution in [2.24, 2.45) is 0 Å². The van der Waals surface area contributed by atoms with Crippen LogP contribution in [0.15, 0.2) is 72.9 Å². The number of allylic oxidation sites excluding steroid dienone is 12. The van der Waals surface area contributed by atoms with E-state index in [4.69, 9.17) is 0 Å². The fourth-order valence-corrected chi connectivity index (χ4v) is 3.78. The summed E-state index contributed by atoms with van der Waals surface area (Å²) in [5, 5.41) is 20.4. The number of carboxylic acids is 2. The van der Waals surface area contributed by atoms with Gasteiger partial charge in [-0.3, -0.25) is 0 Å². The number of carboxylic acid groups (broad SMARTS) is 2. The standard InChI is InChI=1S/2C18H30O2.Ca/c2*1-2-3-4-5-6-7-8-9-10-11-12-13-14-15-16-17-18(19)20;/h2*3-4,6-7,9-10H,2,5,8,11-17H2,1H3,(H,19,20);/q;;+2/p-2/b2*4-3+,7-6+,10-9+;. The number of hydrogen-bond donors (Lipinski definition) is 0. The summed E-state index contributed by atoms with van der Waals surface area (Å²) in [7, 11) is 0. The van der Waals surface area contributed by atoms with Crippen molar-refractivity contribution in [3.8, 4) is 0 Å². The molecule has 0 aliphatic rings. The molecule has 0 atom stereocenters. The van der Waals surface area contributed by atoms with Gasteiger partial charge in [0.05, 0.1) is 0 Å². The zero-order valence-electron chi connectivity index (χ0n) is 26.4. The van der Waals surface area contributed by atoms with Crippen LogP contribution in [-0.2, 0) is 9.59 Å². The minimum atomic E-state index is -0.925. The molecule has 0 rings (SSSR count). The minimum Gasteiger partial charge on any atom is -0.550 e. The molecule has 4 nitrogen and oxygen atoms in total. The number of hydrogen-bond acceptors (Lipinski definition) is 4. The molecule has 0 bridgehead atoms. The van der Waals surface area contributed by atoms with Crippen molar-refractivity contribution in [2.75, 3.05) is 0 Å². The third-order valence-electron chi connectivity index (χ3n) is 6.06. The average molecular weight is 595 g/mol. The Bertz CT molecular complexity index is 670. The van der Waals surface area contributed by atoms with Gasteiger partial charge in [-0.25, -0.2) is 0 Å². The van der Waals surface area contributed by atoms with E-state index in [2.05, 4.69) is 86.8 Å². The number of carbonyl (C=O) groups is 2. The first kappa shape index (κ1) is 44.1. The number of rotatable bonds is 26. The van der Waals surface area contributed by atoms with Crippen molar-refractivity contribution < 1.29 is 19.8 Å². The summed E-state index contributed by atoms with van der Waals surface area (Å²) in [5.41, 5.74) is 0. The maximum Gasteiger partial charge on any atom is 2.00 e. The van der Waals surface area contributed by atoms with E-state index < -0.39 is 11.9 Å². The summed E-state index contributed by atoms with van der Waals surface area (Å²) in [6, 6.07) is 0. The number of unbranched alkanes of at least 4 members (excludes halogenated alkanes) is 10. The Morgan fingerprint density at radius 3 is 1.00 bits per heavy atom. The molecule has 0 aromatic carbocycles. The predicted molar refractivity (Wildman–Crippen MR) is 174 cm³/mol. The Balaban J connectivity index is -0.000000688. The quantitative estimate of drug-likeness (QED) is 0.0573. The van der Waals surface area contributed by atoms with E-state index in [1.807, 2.05) is 0 Å². The van der Waals surface area contributed by atoms with Gasteiger partial charge in [-0.2, -0.15) is 0 Å². The van der Waals surface area contributed by atoms with E-state index in [1.165, 1.54) is 25.7 Å². The van der Waals surface area contributed by atoms with E-state index in [-0.39, 0.29) is 50.6 Å². The minimum absolute atomic E-state index is 0. The van der Waals surface area contributed by atoms with Crippen LogP contribution in [0.1, 0.15) is 142 Å². The Kier molecular flexibility index (Phi) is 43.8. The normalized spacial score (nSPS) is 11.8. The van der Waals surface area contributed by atoms with Crippen LogP contribution < -0.4 is 10.2 Å². The molecule has 0 aliphatic heterocycles. The van der Waals surface area contributed by atoms with E-state index in [0.29, 0.717) is 0 Å². The second-order valence-electron chi connectivity index (χ2n) is 9.94. The molecule has 0 aromatic heterocycles. The first-order valence-electron chi connectivity index (χ1n) is 15.8. The van der Waals surface area contributed by atoms with Crippen molar-refractivity contribution >= 4 is 49.7 Å². The van der Waals surface area contributed by atoms with Crippen LogP contribution in [0.5, 0.6) is 0 Å². The molecular formula is C36H58CaO4. The molecule has 0 N–H and O–H groups in total. The van der Waals surface area contributed by atoms with Crippen molar-refractivity contribution in [3.05, 3.63) is 72.9 Å². The SMILES string of the molecule is CC/C=C/C/C=C/C/C=C/CCCCCCCC(=O)[O-].CC/C=C/C/C=C/C/C=C/CCCCCCCC(=O)[O-].[Ca+2]. The second-order valence-corrected chi connectivity index (χ2v) is 9.94. The van der Waals surface area contributed by atoms with Gasteiger partial charge in [0.25, 0.3) is 0 Å². The van der Waals surface area contributed by atoms with Crippen molar-refractivity contribution in [1.29, 1.82) is 0 Å². The van der Waals surface area contributed by atoms with Gasteiger partial charge in [-0.1, -0.05) is 125 Å². The molecule has 0 amide bonds. The molecule has 5 heteroatoms. The Morgan fingerprint density at radius 1 is 0.415 bits per heavy atom. The molecule has 0 aliphatic carbocycles. The van der Waals surface area contributed by atoms with Gasteiger partial charge in [0.2, 0.25) is 0 Å². The van der Waals surface area contributed by atoms with Gasteiger partial charge < -0.3 is 19.8 Å². The van der Waals surface area contributed by atoms with Gasteiger partial charge >= 0.3 is 37.7 Å². The molecule has 228 valence electrons. The van der Waals surface area contributed by atoms with Crippen LogP contribution in [0.3, 0.4) is 0 Å². The van der Waals surface area contributed by atoms with Crippen LogP contribution in [0.4, 0.5) is 0 Å².